The quantitative estimate of drug-likeness (QED) is 0.253. The predicted octanol–water partition coefficient (Wildman–Crippen LogP) is -1.42. The van der Waals surface area contributed by atoms with Crippen LogP contribution in [-0.4, -0.2) is 64.1 Å². The van der Waals surface area contributed by atoms with Crippen molar-refractivity contribution < 1.29 is 51.1 Å². The molecule has 0 atom stereocenters. The summed E-state index contributed by atoms with van der Waals surface area (Å²) < 4.78 is 113. The third kappa shape index (κ3) is 4.63. The average molecular weight is 433 g/mol. The predicted molar refractivity (Wildman–Crippen MR) is 79.1 cm³/mol. The molecule has 0 aliphatic rings. The van der Waals surface area contributed by atoms with E-state index in [1.54, 1.807) is 0 Å². The Labute approximate surface area is 140 Å². The highest BCUT2D eigenvalue weighted by molar-refractivity contribution is 8.06. The molecule has 0 aliphatic carbocycles. The molecule has 0 saturated heterocycles. The highest BCUT2D eigenvalue weighted by atomic mass is 32.3. The lowest BCUT2D eigenvalue weighted by Gasteiger charge is -2.27. The van der Waals surface area contributed by atoms with Crippen LogP contribution in [0, 0.1) is 0 Å². The molecular weight excluding hydrogens is 416 g/mol. The fourth-order valence-corrected chi connectivity index (χ4v) is 4.29. The minimum absolute atomic E-state index is 0.573. The van der Waals surface area contributed by atoms with Crippen LogP contribution in [0.2, 0.25) is 0 Å². The van der Waals surface area contributed by atoms with Gasteiger partial charge in [0.2, 0.25) is 4.08 Å². The summed E-state index contributed by atoms with van der Waals surface area (Å²) >= 11 is 0. The monoisotopic (exact) mass is 433 g/mol. The van der Waals surface area contributed by atoms with E-state index in [4.69, 9.17) is 4.55 Å². The van der Waals surface area contributed by atoms with Crippen molar-refractivity contribution in [3.05, 3.63) is 0 Å². The Kier molecular flexibility index (Phi) is 6.65. The minimum Gasteiger partial charge on any atom is -0.747 e. The fourth-order valence-electron chi connectivity index (χ4n) is 0.825. The van der Waals surface area contributed by atoms with Crippen molar-refractivity contribution in [3.8, 4) is 0 Å². The van der Waals surface area contributed by atoms with E-state index in [-0.39, 0.29) is 0 Å². The molecule has 0 spiro atoms. The molecule has 0 rings (SSSR count). The Morgan fingerprint density at radius 3 is 1.29 bits per heavy atom. The van der Waals surface area contributed by atoms with Gasteiger partial charge in [-0.1, -0.05) is 0 Å². The first kappa shape index (κ1) is 23.6. The van der Waals surface area contributed by atoms with Crippen molar-refractivity contribution in [2.24, 2.45) is 0 Å². The maximum Gasteiger partial charge on any atom is 0.289 e. The van der Waals surface area contributed by atoms with E-state index in [0.29, 0.717) is 27.7 Å². The molecule has 0 radical (unpaired) electrons. The molecule has 146 valence electrons. The fraction of sp³-hybridized carbons (Fsp3) is 1.00. The summed E-state index contributed by atoms with van der Waals surface area (Å²) in [7, 11) is -20.2. The van der Waals surface area contributed by atoms with Gasteiger partial charge in [-0.15, -0.1) is 0 Å². The molecule has 24 heavy (non-hydrogen) atoms. The Bertz CT molecular complexity index is 797. The molecule has 0 saturated carbocycles. The summed E-state index contributed by atoms with van der Waals surface area (Å²) in [6.07, 6.45) is 0. The number of hydrogen-bond donors (Lipinski definition) is 1. The van der Waals surface area contributed by atoms with Crippen molar-refractivity contribution in [2.75, 3.05) is 13.2 Å². The maximum atomic E-state index is 11.7. The third-order valence-electron chi connectivity index (χ3n) is 2.99. The second-order valence-electron chi connectivity index (χ2n) is 5.28. The van der Waals surface area contributed by atoms with E-state index in [9.17, 15) is 38.2 Å². The first-order chi connectivity index (χ1) is 10.2. The van der Waals surface area contributed by atoms with Crippen LogP contribution in [-0.2, 0) is 48.8 Å². The zero-order valence-electron chi connectivity index (χ0n) is 13.0. The molecule has 1 N–H and O–H groups in total. The van der Waals surface area contributed by atoms with Gasteiger partial charge >= 0.3 is 0 Å². The number of hydrogen-bond acceptors (Lipinski definition) is 11. The molecule has 0 fully saturated rings. The molecule has 0 aromatic rings. The van der Waals surface area contributed by atoms with Crippen molar-refractivity contribution in [1.29, 1.82) is 0 Å². The van der Waals surface area contributed by atoms with Gasteiger partial charge < -0.3 is 4.55 Å². The largest absolute Gasteiger partial charge is 0.747 e. The molecule has 0 amide bonds. The first-order valence-corrected chi connectivity index (χ1v) is 11.6. The van der Waals surface area contributed by atoms with Crippen LogP contribution >= 0.6 is 0 Å². The van der Waals surface area contributed by atoms with Crippen LogP contribution in [0.4, 0.5) is 0 Å². The summed E-state index contributed by atoms with van der Waals surface area (Å²) in [5.74, 6) is 0. The molecule has 0 aromatic carbocycles. The Morgan fingerprint density at radius 1 is 0.750 bits per heavy atom. The van der Waals surface area contributed by atoms with Crippen LogP contribution in [0.25, 0.3) is 0 Å². The van der Waals surface area contributed by atoms with Gasteiger partial charge in [-0.25, -0.2) is 8.42 Å². The summed E-state index contributed by atoms with van der Waals surface area (Å²) in [5, 5.41) is 0. The lowest BCUT2D eigenvalue weighted by Crippen LogP contribution is -2.43. The van der Waals surface area contributed by atoms with E-state index < -0.39 is 61.8 Å². The second-order valence-corrected chi connectivity index (χ2v) is 14.0. The van der Waals surface area contributed by atoms with Crippen LogP contribution in [0.15, 0.2) is 0 Å². The van der Waals surface area contributed by atoms with Crippen LogP contribution in [0.5, 0.6) is 0 Å². The Hall–Kier alpha value is -0.360. The topological polar surface area (TPSA) is 198 Å². The van der Waals surface area contributed by atoms with Crippen molar-refractivity contribution in [3.63, 3.8) is 0 Å². The zero-order valence-corrected chi connectivity index (χ0v) is 16.3. The molecule has 0 bridgehead atoms. The van der Waals surface area contributed by atoms with Crippen molar-refractivity contribution in [2.45, 2.75) is 35.9 Å². The molecular formula is C8H17O12S4-. The lowest BCUT2D eigenvalue weighted by molar-refractivity contribution is 0.218. The maximum absolute atomic E-state index is 11.7. The van der Waals surface area contributed by atoms with Gasteiger partial charge in [0.05, 0.1) is 13.2 Å². The van der Waals surface area contributed by atoms with Crippen LogP contribution in [0.1, 0.15) is 27.7 Å². The van der Waals surface area contributed by atoms with Crippen molar-refractivity contribution in [1.82, 2.24) is 0 Å². The van der Waals surface area contributed by atoms with Gasteiger partial charge in [0, 0.05) is 0 Å². The summed E-state index contributed by atoms with van der Waals surface area (Å²) in [4.78, 5) is 0. The molecule has 12 nitrogen and oxygen atoms in total. The first-order valence-electron chi connectivity index (χ1n) is 5.91. The highest BCUT2D eigenvalue weighted by Gasteiger charge is 2.47. The van der Waals surface area contributed by atoms with Gasteiger partial charge in [0.15, 0.2) is 4.08 Å². The molecule has 0 aromatic heterocycles. The molecule has 16 heteroatoms. The standard InChI is InChI=1S/C8H18O12S4/c1-7(2,21(9,10)11)23(15,16)19-5-6-20-24(17,18)8(3,4)22(12,13)14/h5-6H2,1-4H3,(H,9,10,11)(H,12,13,14)/p-1. The van der Waals surface area contributed by atoms with Gasteiger partial charge in [-0.2, -0.15) is 25.3 Å². The van der Waals surface area contributed by atoms with E-state index in [0.717, 1.165) is 0 Å². The van der Waals surface area contributed by atoms with E-state index in [1.807, 2.05) is 0 Å². The molecule has 0 unspecified atom stereocenters. The van der Waals surface area contributed by atoms with Gasteiger partial charge in [-0.3, -0.25) is 12.9 Å². The highest BCUT2D eigenvalue weighted by Crippen LogP contribution is 2.26. The molecule has 0 aliphatic heterocycles. The van der Waals surface area contributed by atoms with Gasteiger partial charge in [0.1, 0.15) is 10.1 Å². The summed E-state index contributed by atoms with van der Waals surface area (Å²) in [6, 6.07) is 0. The Balaban J connectivity index is 5.07. The van der Waals surface area contributed by atoms with E-state index in [1.165, 1.54) is 0 Å². The second kappa shape index (κ2) is 6.75. The van der Waals surface area contributed by atoms with Crippen LogP contribution in [0.3, 0.4) is 0 Å². The Morgan fingerprint density at radius 2 is 1.04 bits per heavy atom. The van der Waals surface area contributed by atoms with Crippen LogP contribution < -0.4 is 0 Å². The van der Waals surface area contributed by atoms with Gasteiger partial charge in [-0.05, 0) is 27.7 Å². The zero-order chi connectivity index (χ0) is 19.8. The minimum atomic E-state index is -5.30. The summed E-state index contributed by atoms with van der Waals surface area (Å²) in [5.41, 5.74) is 0. The number of rotatable bonds is 9. The van der Waals surface area contributed by atoms with E-state index in [2.05, 4.69) is 8.37 Å². The molecule has 0 heterocycles. The normalized spacial score (nSPS) is 15.4. The lowest BCUT2D eigenvalue weighted by atomic mass is 10.5. The smallest absolute Gasteiger partial charge is 0.289 e. The van der Waals surface area contributed by atoms with E-state index >= 15 is 0 Å². The third-order valence-corrected chi connectivity index (χ3v) is 11.3. The average Bonchev–Trinajstić information content (AvgIpc) is 2.31. The SMILES string of the molecule is CC(C)(S(=O)(=O)[O-])S(=O)(=O)OCCOS(=O)(=O)C(C)(C)S(=O)(=O)O. The van der Waals surface area contributed by atoms with Crippen molar-refractivity contribution >= 4 is 40.5 Å². The van der Waals surface area contributed by atoms with Gasteiger partial charge in [0.25, 0.3) is 30.4 Å². The summed E-state index contributed by atoms with van der Waals surface area (Å²) in [6.45, 7) is 0.357.